The number of sulfonamides is 1. The van der Waals surface area contributed by atoms with Crippen molar-refractivity contribution in [1.82, 2.24) is 30.1 Å². The number of urea groups is 1. The van der Waals surface area contributed by atoms with Crippen LogP contribution in [0.4, 0.5) is 9.18 Å². The van der Waals surface area contributed by atoms with E-state index in [1.165, 1.54) is 15.9 Å². The highest BCUT2D eigenvalue weighted by Gasteiger charge is 2.63. The van der Waals surface area contributed by atoms with Gasteiger partial charge in [-0.2, -0.15) is 0 Å². The number of aromatic nitrogens is 1. The van der Waals surface area contributed by atoms with Crippen molar-refractivity contribution in [2.45, 2.75) is 120 Å². The summed E-state index contributed by atoms with van der Waals surface area (Å²) in [5, 5.41) is 6.20. The van der Waals surface area contributed by atoms with Crippen LogP contribution in [0, 0.1) is 18.7 Å². The number of fused-ring (bicyclic) bond motifs is 3. The van der Waals surface area contributed by atoms with Crippen molar-refractivity contribution in [2.24, 2.45) is 5.92 Å². The van der Waals surface area contributed by atoms with Gasteiger partial charge in [0.2, 0.25) is 27.7 Å². The van der Waals surface area contributed by atoms with Crippen molar-refractivity contribution < 1.29 is 41.5 Å². The smallest absolute Gasteiger partial charge is 0.317 e. The van der Waals surface area contributed by atoms with E-state index < -0.39 is 74.0 Å². The van der Waals surface area contributed by atoms with Gasteiger partial charge in [-0.15, -0.1) is 0 Å². The number of carbonyl (C=O) groups is 4. The molecule has 5 amide bonds. The maximum atomic E-state index is 14.7. The molecule has 2 aromatic rings. The van der Waals surface area contributed by atoms with Gasteiger partial charge < -0.3 is 29.9 Å². The number of benzene rings is 1. The molecule has 16 heteroatoms. The van der Waals surface area contributed by atoms with Crippen molar-refractivity contribution in [2.75, 3.05) is 20.6 Å². The molecule has 2 aliphatic heterocycles. The SMILES string of the molecule is Cc1c(F)ccc2c(O[C@@H]3C[C@H]4C(=O)N[C@]5(C(=O)NS(=O)(=O)C6(C)CC6)C[C@H]5/C=C\CCCCC[C@H](NC(=O)N(C)C)C(=O)N4C3)cc(OC(C)C)nc12. The van der Waals surface area contributed by atoms with Crippen LogP contribution in [0.2, 0.25) is 0 Å². The minimum absolute atomic E-state index is 0.00482. The molecule has 2 aliphatic carbocycles. The van der Waals surface area contributed by atoms with E-state index >= 15 is 0 Å². The van der Waals surface area contributed by atoms with Crippen molar-refractivity contribution in [3.63, 3.8) is 0 Å². The van der Waals surface area contributed by atoms with Crippen LogP contribution in [0.3, 0.4) is 0 Å². The average Bonchev–Trinajstić information content (AvgIpc) is 3.98. The maximum absolute atomic E-state index is 14.7. The lowest BCUT2D eigenvalue weighted by molar-refractivity contribution is -0.141. The Morgan fingerprint density at radius 2 is 1.89 bits per heavy atom. The molecule has 3 N–H and O–H groups in total. The molecule has 1 saturated heterocycles. The normalized spacial score (nSPS) is 27.4. The molecule has 3 fully saturated rings. The van der Waals surface area contributed by atoms with Gasteiger partial charge in [-0.05, 0) is 78.4 Å². The predicted octanol–water partition coefficient (Wildman–Crippen LogP) is 3.85. The zero-order chi connectivity index (χ0) is 39.2. The first-order valence-electron chi connectivity index (χ1n) is 18.7. The lowest BCUT2D eigenvalue weighted by Gasteiger charge is -2.30. The highest BCUT2D eigenvalue weighted by atomic mass is 32.2. The van der Waals surface area contributed by atoms with E-state index in [0.29, 0.717) is 54.3 Å². The highest BCUT2D eigenvalue weighted by molar-refractivity contribution is 7.91. The number of nitrogens with zero attached hydrogens (tertiary/aromatic N) is 3. The summed E-state index contributed by atoms with van der Waals surface area (Å²) >= 11 is 0. The Hall–Kier alpha value is -4.47. The van der Waals surface area contributed by atoms with Gasteiger partial charge in [-0.25, -0.2) is 22.6 Å². The van der Waals surface area contributed by atoms with Crippen LogP contribution >= 0.6 is 0 Å². The largest absolute Gasteiger partial charge is 0.488 e. The third-order valence-electron chi connectivity index (χ3n) is 10.9. The number of ether oxygens (including phenoxy) is 2. The monoisotopic (exact) mass is 770 g/mol. The molecule has 0 spiro atoms. The van der Waals surface area contributed by atoms with E-state index in [2.05, 4.69) is 20.3 Å². The number of hydrogen-bond donors (Lipinski definition) is 3. The molecule has 3 heterocycles. The molecule has 1 aromatic heterocycles. The number of halogens is 1. The molecule has 14 nitrogen and oxygen atoms in total. The number of rotatable bonds is 8. The standard InChI is InChI=1S/C38H51FN6O8S/c1-22(2)52-31-19-30(26-14-15-27(39)23(3)32(26)41-31)53-25-18-29-33(46)42-38(35(48)43-54(50,51)37(4)16-17-37)20-24(38)12-10-8-7-9-11-13-28(34(47)45(29)21-25)40-36(49)44(5)6/h10,12,14-15,19,22,24-25,28-29H,7-9,11,13,16-18,20-21H2,1-6H3,(H,40,49)(H,42,46)(H,43,48)/b12-10-/t24-,25-,28+,29+,38-/m1/s1. The number of aryl methyl sites for hydroxylation is 1. The van der Waals surface area contributed by atoms with E-state index in [4.69, 9.17) is 9.47 Å². The predicted molar refractivity (Wildman–Crippen MR) is 199 cm³/mol. The minimum Gasteiger partial charge on any atom is -0.488 e. The summed E-state index contributed by atoms with van der Waals surface area (Å²) in [6.45, 7) is 6.79. The van der Waals surface area contributed by atoms with Crippen LogP contribution in [0.5, 0.6) is 11.6 Å². The molecule has 0 unspecified atom stereocenters. The van der Waals surface area contributed by atoms with Crippen LogP contribution in [0.1, 0.15) is 84.1 Å². The quantitative estimate of drug-likeness (QED) is 0.337. The van der Waals surface area contributed by atoms with Crippen LogP contribution in [0.25, 0.3) is 10.9 Å². The Morgan fingerprint density at radius 3 is 2.57 bits per heavy atom. The molecule has 4 aliphatic rings. The van der Waals surface area contributed by atoms with E-state index in [-0.39, 0.29) is 31.4 Å². The van der Waals surface area contributed by atoms with Crippen molar-refractivity contribution >= 4 is 44.7 Å². The van der Waals surface area contributed by atoms with Gasteiger partial charge in [0.15, 0.2) is 0 Å². The van der Waals surface area contributed by atoms with Gasteiger partial charge in [-0.3, -0.25) is 19.1 Å². The molecule has 0 bridgehead atoms. The van der Waals surface area contributed by atoms with E-state index in [9.17, 15) is 32.0 Å². The van der Waals surface area contributed by atoms with Crippen molar-refractivity contribution in [1.29, 1.82) is 0 Å². The van der Waals surface area contributed by atoms with Crippen LogP contribution in [-0.2, 0) is 24.4 Å². The Labute approximate surface area is 315 Å². The number of hydrogen-bond acceptors (Lipinski definition) is 9. The summed E-state index contributed by atoms with van der Waals surface area (Å²) in [5.41, 5.74) is -0.898. The minimum atomic E-state index is -4.00. The number of amides is 5. The van der Waals surface area contributed by atoms with Crippen LogP contribution < -0.4 is 24.8 Å². The zero-order valence-corrected chi connectivity index (χ0v) is 32.6. The van der Waals surface area contributed by atoms with Gasteiger partial charge in [0.1, 0.15) is 35.3 Å². The molecule has 2 saturated carbocycles. The van der Waals surface area contributed by atoms with E-state index in [1.54, 1.807) is 40.1 Å². The molecule has 294 valence electrons. The van der Waals surface area contributed by atoms with E-state index in [1.807, 2.05) is 26.0 Å². The number of allylic oxidation sites excluding steroid dienone is 1. The Morgan fingerprint density at radius 1 is 1.15 bits per heavy atom. The molecule has 1 aromatic carbocycles. The van der Waals surface area contributed by atoms with Gasteiger partial charge in [0.25, 0.3) is 5.91 Å². The van der Waals surface area contributed by atoms with Gasteiger partial charge in [0, 0.05) is 43.5 Å². The summed E-state index contributed by atoms with van der Waals surface area (Å²) in [6.07, 6.45) is 7.04. The number of nitrogens with one attached hydrogen (secondary N) is 3. The second-order valence-electron chi connectivity index (χ2n) is 15.8. The Kier molecular flexibility index (Phi) is 10.9. The molecule has 6 rings (SSSR count). The lowest BCUT2D eigenvalue weighted by atomic mass is 10.0. The van der Waals surface area contributed by atoms with Crippen molar-refractivity contribution in [3.05, 3.63) is 41.7 Å². The second-order valence-corrected chi connectivity index (χ2v) is 18.0. The Bertz CT molecular complexity index is 1970. The number of carbonyl (C=O) groups excluding carboxylic acids is 4. The summed E-state index contributed by atoms with van der Waals surface area (Å²) in [5.74, 6) is -2.32. The summed E-state index contributed by atoms with van der Waals surface area (Å²) in [7, 11) is -0.866. The van der Waals surface area contributed by atoms with Gasteiger partial charge >= 0.3 is 6.03 Å². The van der Waals surface area contributed by atoms with Gasteiger partial charge in [-0.1, -0.05) is 25.0 Å². The first-order valence-corrected chi connectivity index (χ1v) is 20.2. The fourth-order valence-electron chi connectivity index (χ4n) is 7.15. The highest BCUT2D eigenvalue weighted by Crippen LogP contribution is 2.47. The van der Waals surface area contributed by atoms with Gasteiger partial charge in [0.05, 0.1) is 22.9 Å². The first kappa shape index (κ1) is 39.2. The summed E-state index contributed by atoms with van der Waals surface area (Å²) in [4.78, 5) is 62.8. The second kappa shape index (κ2) is 15.0. The van der Waals surface area contributed by atoms with Crippen molar-refractivity contribution in [3.8, 4) is 11.6 Å². The Balaban J connectivity index is 1.35. The molecular weight excluding hydrogens is 720 g/mol. The van der Waals surface area contributed by atoms with Crippen LogP contribution in [0.15, 0.2) is 30.4 Å². The molecular formula is C38H51FN6O8S. The average molecular weight is 771 g/mol. The summed E-state index contributed by atoms with van der Waals surface area (Å²) in [6, 6.07) is 1.90. The van der Waals surface area contributed by atoms with E-state index in [0.717, 1.165) is 12.8 Å². The molecule has 54 heavy (non-hydrogen) atoms. The topological polar surface area (TPSA) is 176 Å². The molecule has 5 atom stereocenters. The third-order valence-corrected chi connectivity index (χ3v) is 13.1. The zero-order valence-electron chi connectivity index (χ0n) is 31.7. The fraction of sp³-hybridized carbons (Fsp3) is 0.605. The number of pyridine rings is 1. The fourth-order valence-corrected chi connectivity index (χ4v) is 8.47. The first-order chi connectivity index (χ1) is 25.4. The van der Waals surface area contributed by atoms with Crippen LogP contribution in [-0.4, -0.2) is 102 Å². The maximum Gasteiger partial charge on any atom is 0.317 e. The summed E-state index contributed by atoms with van der Waals surface area (Å²) < 4.78 is 54.6. The molecule has 0 radical (unpaired) electrons. The lowest BCUT2D eigenvalue weighted by Crippen LogP contribution is -2.59. The third kappa shape index (κ3) is 7.98.